The van der Waals surface area contributed by atoms with Crippen molar-refractivity contribution in [2.75, 3.05) is 32.1 Å². The third-order valence-electron chi connectivity index (χ3n) is 5.73. The first-order chi connectivity index (χ1) is 14.8. The molecule has 0 saturated carbocycles. The van der Waals surface area contributed by atoms with Crippen LogP contribution in [0.2, 0.25) is 0 Å². The number of ketones is 1. The number of amides is 2. The van der Waals surface area contributed by atoms with Crippen molar-refractivity contribution in [1.82, 2.24) is 10.2 Å². The average molecular weight is 422 g/mol. The molecule has 2 aromatic carbocycles. The molecular formula is C25H31N3O3. The van der Waals surface area contributed by atoms with Gasteiger partial charge in [-0.25, -0.2) is 0 Å². The maximum atomic E-state index is 12.7. The standard InChI is InChI=1S/C25H31N3O3/c1-18-4-6-19(7-5-18)23(29)12-13-24(30)26-21-14-16-28(17-15-21)25(31)20-8-10-22(11-9-20)27(2)3/h4-11,21H,12-17H2,1-3H3,(H,26,30). The minimum absolute atomic E-state index is 0.0177. The smallest absolute Gasteiger partial charge is 0.253 e. The van der Waals surface area contributed by atoms with Gasteiger partial charge in [-0.1, -0.05) is 29.8 Å². The Morgan fingerprint density at radius 3 is 2.06 bits per heavy atom. The predicted octanol–water partition coefficient (Wildman–Crippen LogP) is 3.44. The minimum Gasteiger partial charge on any atom is -0.378 e. The number of Topliss-reactive ketones (excluding diaryl/α,β-unsaturated/α-hetero) is 1. The molecule has 0 aromatic heterocycles. The highest BCUT2D eigenvalue weighted by atomic mass is 16.2. The van der Waals surface area contributed by atoms with Gasteiger partial charge in [-0.2, -0.15) is 0 Å². The molecule has 164 valence electrons. The number of anilines is 1. The summed E-state index contributed by atoms with van der Waals surface area (Å²) in [5, 5.41) is 3.02. The second kappa shape index (κ2) is 10.2. The number of nitrogens with zero attached hydrogens (tertiary/aromatic N) is 2. The number of benzene rings is 2. The van der Waals surface area contributed by atoms with E-state index in [1.54, 1.807) is 12.1 Å². The van der Waals surface area contributed by atoms with Crippen molar-refractivity contribution in [2.24, 2.45) is 0 Å². The van der Waals surface area contributed by atoms with Crippen molar-refractivity contribution in [1.29, 1.82) is 0 Å². The highest BCUT2D eigenvalue weighted by Gasteiger charge is 2.24. The van der Waals surface area contributed by atoms with E-state index in [4.69, 9.17) is 0 Å². The molecule has 6 nitrogen and oxygen atoms in total. The molecule has 31 heavy (non-hydrogen) atoms. The van der Waals surface area contributed by atoms with E-state index in [9.17, 15) is 14.4 Å². The summed E-state index contributed by atoms with van der Waals surface area (Å²) >= 11 is 0. The SMILES string of the molecule is Cc1ccc(C(=O)CCC(=O)NC2CCN(C(=O)c3ccc(N(C)C)cc3)CC2)cc1. The number of carbonyl (C=O) groups excluding carboxylic acids is 3. The zero-order valence-corrected chi connectivity index (χ0v) is 18.6. The van der Waals surface area contributed by atoms with Crippen molar-refractivity contribution in [3.05, 3.63) is 65.2 Å². The highest BCUT2D eigenvalue weighted by molar-refractivity contribution is 5.98. The van der Waals surface area contributed by atoms with Gasteiger partial charge in [0.25, 0.3) is 5.91 Å². The molecule has 1 aliphatic heterocycles. The monoisotopic (exact) mass is 421 g/mol. The summed E-state index contributed by atoms with van der Waals surface area (Å²) in [7, 11) is 3.93. The van der Waals surface area contributed by atoms with Crippen molar-refractivity contribution >= 4 is 23.3 Å². The van der Waals surface area contributed by atoms with Crippen LogP contribution in [0.3, 0.4) is 0 Å². The fourth-order valence-electron chi connectivity index (χ4n) is 3.72. The molecule has 1 saturated heterocycles. The van der Waals surface area contributed by atoms with Gasteiger partial charge in [0.15, 0.2) is 5.78 Å². The average Bonchev–Trinajstić information content (AvgIpc) is 2.78. The first-order valence-corrected chi connectivity index (χ1v) is 10.8. The van der Waals surface area contributed by atoms with Crippen LogP contribution >= 0.6 is 0 Å². The van der Waals surface area contributed by atoms with Gasteiger partial charge in [-0.3, -0.25) is 14.4 Å². The van der Waals surface area contributed by atoms with Gasteiger partial charge >= 0.3 is 0 Å². The summed E-state index contributed by atoms with van der Waals surface area (Å²) in [6.45, 7) is 3.20. The molecule has 0 unspecified atom stereocenters. The van der Waals surface area contributed by atoms with E-state index in [0.29, 0.717) is 24.2 Å². The Hall–Kier alpha value is -3.15. The molecule has 0 radical (unpaired) electrons. The van der Waals surface area contributed by atoms with Crippen molar-refractivity contribution in [3.63, 3.8) is 0 Å². The van der Waals surface area contributed by atoms with Crippen LogP contribution in [0.15, 0.2) is 48.5 Å². The van der Waals surface area contributed by atoms with Gasteiger partial charge in [-0.05, 0) is 44.0 Å². The molecule has 0 spiro atoms. The Bertz CT molecular complexity index is 912. The molecule has 0 aliphatic carbocycles. The molecule has 2 amide bonds. The zero-order chi connectivity index (χ0) is 22.4. The number of piperidine rings is 1. The lowest BCUT2D eigenvalue weighted by Crippen LogP contribution is -2.46. The minimum atomic E-state index is -0.107. The number of rotatable bonds is 7. The predicted molar refractivity (Wildman–Crippen MR) is 123 cm³/mol. The number of hydrogen-bond donors (Lipinski definition) is 1. The van der Waals surface area contributed by atoms with E-state index >= 15 is 0 Å². The molecular weight excluding hydrogens is 390 g/mol. The molecule has 0 atom stereocenters. The summed E-state index contributed by atoms with van der Waals surface area (Å²) in [6.07, 6.45) is 1.83. The number of nitrogens with one attached hydrogen (secondary N) is 1. The first-order valence-electron chi connectivity index (χ1n) is 10.8. The lowest BCUT2D eigenvalue weighted by molar-refractivity contribution is -0.122. The van der Waals surface area contributed by atoms with Crippen LogP contribution in [0, 0.1) is 6.92 Å². The van der Waals surface area contributed by atoms with Gasteiger partial charge < -0.3 is 15.1 Å². The second-order valence-corrected chi connectivity index (χ2v) is 8.36. The van der Waals surface area contributed by atoms with Gasteiger partial charge in [0.1, 0.15) is 0 Å². The highest BCUT2D eigenvalue weighted by Crippen LogP contribution is 2.17. The molecule has 1 N–H and O–H groups in total. The topological polar surface area (TPSA) is 69.7 Å². The summed E-state index contributed by atoms with van der Waals surface area (Å²) in [5.74, 6) is -0.0980. The van der Waals surface area contributed by atoms with E-state index in [1.165, 1.54) is 0 Å². The van der Waals surface area contributed by atoms with E-state index in [1.807, 2.05) is 67.2 Å². The molecule has 3 rings (SSSR count). The Balaban J connectivity index is 1.42. The molecule has 2 aromatic rings. The molecule has 0 bridgehead atoms. The van der Waals surface area contributed by atoms with E-state index in [2.05, 4.69) is 5.32 Å². The summed E-state index contributed by atoms with van der Waals surface area (Å²) in [5.41, 5.74) is 3.48. The molecule has 6 heteroatoms. The Morgan fingerprint density at radius 2 is 1.48 bits per heavy atom. The fraction of sp³-hybridized carbons (Fsp3) is 0.400. The van der Waals surface area contributed by atoms with Crippen molar-refractivity contribution in [3.8, 4) is 0 Å². The summed E-state index contributed by atoms with van der Waals surface area (Å²) in [4.78, 5) is 41.1. The van der Waals surface area contributed by atoms with Crippen LogP contribution in [0.1, 0.15) is 52.0 Å². The maximum Gasteiger partial charge on any atom is 0.253 e. The lowest BCUT2D eigenvalue weighted by Gasteiger charge is -2.32. The number of carbonyl (C=O) groups is 3. The maximum absolute atomic E-state index is 12.7. The van der Waals surface area contributed by atoms with Crippen molar-refractivity contribution < 1.29 is 14.4 Å². The van der Waals surface area contributed by atoms with Crippen LogP contribution in [-0.2, 0) is 4.79 Å². The largest absolute Gasteiger partial charge is 0.378 e. The van der Waals surface area contributed by atoms with Gasteiger partial charge in [-0.15, -0.1) is 0 Å². The Kier molecular flexibility index (Phi) is 7.45. The lowest BCUT2D eigenvalue weighted by atomic mass is 10.0. The molecule has 1 aliphatic rings. The third kappa shape index (κ3) is 6.17. The quantitative estimate of drug-likeness (QED) is 0.696. The summed E-state index contributed by atoms with van der Waals surface area (Å²) in [6, 6.07) is 15.1. The van der Waals surface area contributed by atoms with Gasteiger partial charge in [0.2, 0.25) is 5.91 Å². The second-order valence-electron chi connectivity index (χ2n) is 8.36. The van der Waals surface area contributed by atoms with Gasteiger partial charge in [0, 0.05) is 62.9 Å². The third-order valence-corrected chi connectivity index (χ3v) is 5.73. The van der Waals surface area contributed by atoms with E-state index < -0.39 is 0 Å². The van der Waals surface area contributed by atoms with E-state index in [-0.39, 0.29) is 36.5 Å². The Labute approximate surface area is 184 Å². The fourth-order valence-corrected chi connectivity index (χ4v) is 3.72. The van der Waals surface area contributed by atoms with Crippen LogP contribution < -0.4 is 10.2 Å². The molecule has 1 fully saturated rings. The first kappa shape index (κ1) is 22.5. The normalized spacial score (nSPS) is 14.2. The Morgan fingerprint density at radius 1 is 0.903 bits per heavy atom. The van der Waals surface area contributed by atoms with Crippen LogP contribution in [-0.4, -0.2) is 55.7 Å². The van der Waals surface area contributed by atoms with E-state index in [0.717, 1.165) is 24.1 Å². The number of hydrogen-bond acceptors (Lipinski definition) is 4. The summed E-state index contributed by atoms with van der Waals surface area (Å²) < 4.78 is 0. The zero-order valence-electron chi connectivity index (χ0n) is 18.6. The van der Waals surface area contributed by atoms with Crippen LogP contribution in [0.4, 0.5) is 5.69 Å². The van der Waals surface area contributed by atoms with Crippen LogP contribution in [0.5, 0.6) is 0 Å². The van der Waals surface area contributed by atoms with Crippen molar-refractivity contribution in [2.45, 2.75) is 38.6 Å². The number of aryl methyl sites for hydroxylation is 1. The van der Waals surface area contributed by atoms with Crippen LogP contribution in [0.25, 0.3) is 0 Å². The van der Waals surface area contributed by atoms with Gasteiger partial charge in [0.05, 0.1) is 0 Å². The number of likely N-dealkylation sites (tertiary alicyclic amines) is 1. The molecule has 1 heterocycles.